The molecule has 0 spiro atoms. The van der Waals surface area contributed by atoms with Crippen LogP contribution in [0.25, 0.3) is 0 Å². The number of aryl methyl sites for hydroxylation is 3. The number of hydrogen-bond donors (Lipinski definition) is 0. The lowest BCUT2D eigenvalue weighted by Crippen LogP contribution is -1.95. The summed E-state index contributed by atoms with van der Waals surface area (Å²) in [5, 5.41) is 0. The van der Waals surface area contributed by atoms with Gasteiger partial charge in [-0.2, -0.15) is 0 Å². The Labute approximate surface area is 121 Å². The van der Waals surface area contributed by atoms with Gasteiger partial charge in [-0.05, 0) is 48.1 Å². The fourth-order valence-corrected chi connectivity index (χ4v) is 2.33. The smallest absolute Gasteiger partial charge is 0.160 e. The van der Waals surface area contributed by atoms with Crippen LogP contribution in [-0.4, -0.2) is 14.2 Å². The average molecular weight is 270 g/mol. The second-order valence-corrected chi connectivity index (χ2v) is 4.86. The number of benzene rings is 2. The first-order valence-electron chi connectivity index (χ1n) is 7.05. The fraction of sp³-hybridized carbons (Fsp3) is 0.333. The molecule has 0 saturated carbocycles. The van der Waals surface area contributed by atoms with Crippen LogP contribution in [0.1, 0.15) is 23.6 Å². The predicted octanol–water partition coefficient (Wildman–Crippen LogP) is 4.05. The second-order valence-electron chi connectivity index (χ2n) is 4.86. The van der Waals surface area contributed by atoms with Crippen LogP contribution >= 0.6 is 0 Å². The molecule has 2 heteroatoms. The maximum Gasteiger partial charge on any atom is 0.160 e. The van der Waals surface area contributed by atoms with Crippen LogP contribution in [0.5, 0.6) is 11.5 Å². The van der Waals surface area contributed by atoms with Crippen molar-refractivity contribution >= 4 is 0 Å². The first-order valence-corrected chi connectivity index (χ1v) is 7.05. The Morgan fingerprint density at radius 3 is 2.05 bits per heavy atom. The zero-order valence-corrected chi connectivity index (χ0v) is 12.5. The minimum Gasteiger partial charge on any atom is -0.493 e. The third-order valence-corrected chi connectivity index (χ3v) is 3.55. The molecule has 2 nitrogen and oxygen atoms in total. The van der Waals surface area contributed by atoms with Gasteiger partial charge in [0, 0.05) is 0 Å². The molecule has 0 aliphatic carbocycles. The van der Waals surface area contributed by atoms with Gasteiger partial charge in [-0.25, -0.2) is 0 Å². The van der Waals surface area contributed by atoms with Gasteiger partial charge >= 0.3 is 0 Å². The summed E-state index contributed by atoms with van der Waals surface area (Å²) in [7, 11) is 3.33. The molecule has 0 amide bonds. The van der Waals surface area contributed by atoms with Gasteiger partial charge < -0.3 is 9.47 Å². The fourth-order valence-electron chi connectivity index (χ4n) is 2.33. The van der Waals surface area contributed by atoms with Crippen molar-refractivity contribution in [1.29, 1.82) is 0 Å². The van der Waals surface area contributed by atoms with E-state index in [9.17, 15) is 0 Å². The molecule has 0 radical (unpaired) electrons. The second kappa shape index (κ2) is 6.99. The zero-order valence-electron chi connectivity index (χ0n) is 12.5. The van der Waals surface area contributed by atoms with E-state index in [0.29, 0.717) is 0 Å². The molecule has 0 saturated heterocycles. The molecule has 106 valence electrons. The third kappa shape index (κ3) is 3.53. The Morgan fingerprint density at radius 1 is 0.750 bits per heavy atom. The highest BCUT2D eigenvalue weighted by molar-refractivity contribution is 5.43. The minimum absolute atomic E-state index is 0.782. The van der Waals surface area contributed by atoms with E-state index in [-0.39, 0.29) is 0 Å². The van der Waals surface area contributed by atoms with E-state index in [0.717, 1.165) is 30.8 Å². The molecule has 20 heavy (non-hydrogen) atoms. The van der Waals surface area contributed by atoms with Crippen molar-refractivity contribution in [3.63, 3.8) is 0 Å². The summed E-state index contributed by atoms with van der Waals surface area (Å²) in [4.78, 5) is 0. The first kappa shape index (κ1) is 14.4. The predicted molar refractivity (Wildman–Crippen MR) is 82.8 cm³/mol. The van der Waals surface area contributed by atoms with Gasteiger partial charge in [-0.3, -0.25) is 0 Å². The van der Waals surface area contributed by atoms with Crippen LogP contribution in [0, 0.1) is 0 Å². The first-order chi connectivity index (χ1) is 9.76. The highest BCUT2D eigenvalue weighted by Crippen LogP contribution is 2.28. The van der Waals surface area contributed by atoms with Gasteiger partial charge in [0.05, 0.1) is 14.2 Å². The SMILES string of the molecule is CCc1cccc(CCc2ccc(OC)c(OC)c2)c1. The molecule has 2 rings (SSSR count). The summed E-state index contributed by atoms with van der Waals surface area (Å²) in [6, 6.07) is 14.9. The topological polar surface area (TPSA) is 18.5 Å². The number of ether oxygens (including phenoxy) is 2. The quantitative estimate of drug-likeness (QED) is 0.788. The maximum atomic E-state index is 5.34. The van der Waals surface area contributed by atoms with Gasteiger partial charge in [0.25, 0.3) is 0 Å². The van der Waals surface area contributed by atoms with Crippen LogP contribution in [0.2, 0.25) is 0 Å². The van der Waals surface area contributed by atoms with Crippen molar-refractivity contribution in [3.05, 3.63) is 59.2 Å². The van der Waals surface area contributed by atoms with E-state index in [1.807, 2.05) is 6.07 Å². The monoisotopic (exact) mass is 270 g/mol. The van der Waals surface area contributed by atoms with E-state index < -0.39 is 0 Å². The van der Waals surface area contributed by atoms with Crippen molar-refractivity contribution in [3.8, 4) is 11.5 Å². The molecule has 0 aliphatic rings. The zero-order chi connectivity index (χ0) is 14.4. The molecular formula is C18H22O2. The normalized spacial score (nSPS) is 10.3. The Balaban J connectivity index is 2.06. The van der Waals surface area contributed by atoms with Gasteiger partial charge in [0.1, 0.15) is 0 Å². The Morgan fingerprint density at radius 2 is 1.40 bits per heavy atom. The summed E-state index contributed by atoms with van der Waals surface area (Å²) in [5.74, 6) is 1.58. The molecule has 0 heterocycles. The summed E-state index contributed by atoms with van der Waals surface area (Å²) in [6.07, 6.45) is 3.14. The van der Waals surface area contributed by atoms with E-state index in [1.165, 1.54) is 16.7 Å². The summed E-state index contributed by atoms with van der Waals surface area (Å²) < 4.78 is 10.6. The maximum absolute atomic E-state index is 5.34. The molecule has 0 aromatic heterocycles. The van der Waals surface area contributed by atoms with Crippen molar-refractivity contribution in [2.24, 2.45) is 0 Å². The largest absolute Gasteiger partial charge is 0.493 e. The van der Waals surface area contributed by atoms with E-state index in [2.05, 4.69) is 43.3 Å². The van der Waals surface area contributed by atoms with E-state index >= 15 is 0 Å². The van der Waals surface area contributed by atoms with Gasteiger partial charge in [0.15, 0.2) is 11.5 Å². The van der Waals surface area contributed by atoms with Crippen LogP contribution in [0.4, 0.5) is 0 Å². The molecule has 0 aliphatic heterocycles. The Hall–Kier alpha value is -1.96. The Kier molecular flexibility index (Phi) is 5.05. The average Bonchev–Trinajstić information content (AvgIpc) is 2.52. The van der Waals surface area contributed by atoms with Crippen molar-refractivity contribution in [1.82, 2.24) is 0 Å². The third-order valence-electron chi connectivity index (χ3n) is 3.55. The molecule has 0 bridgehead atoms. The molecule has 0 N–H and O–H groups in total. The minimum atomic E-state index is 0.782. The van der Waals surface area contributed by atoms with Crippen molar-refractivity contribution in [2.45, 2.75) is 26.2 Å². The standard InChI is InChI=1S/C18H22O2/c1-4-14-6-5-7-15(12-14)8-9-16-10-11-17(19-2)18(13-16)20-3/h5-7,10-13H,4,8-9H2,1-3H3. The molecule has 0 atom stereocenters. The molecule has 0 unspecified atom stereocenters. The van der Waals surface area contributed by atoms with Crippen LogP contribution in [-0.2, 0) is 19.3 Å². The summed E-state index contributed by atoms with van der Waals surface area (Å²) in [5.41, 5.74) is 4.05. The number of methoxy groups -OCH3 is 2. The van der Waals surface area contributed by atoms with Crippen LogP contribution in [0.15, 0.2) is 42.5 Å². The highest BCUT2D eigenvalue weighted by atomic mass is 16.5. The molecule has 0 fully saturated rings. The number of hydrogen-bond acceptors (Lipinski definition) is 2. The van der Waals surface area contributed by atoms with Gasteiger partial charge in [-0.15, -0.1) is 0 Å². The highest BCUT2D eigenvalue weighted by Gasteiger charge is 2.05. The lowest BCUT2D eigenvalue weighted by molar-refractivity contribution is 0.354. The lowest BCUT2D eigenvalue weighted by Gasteiger charge is -2.10. The van der Waals surface area contributed by atoms with Gasteiger partial charge in [-0.1, -0.05) is 37.3 Å². The van der Waals surface area contributed by atoms with Crippen LogP contribution < -0.4 is 9.47 Å². The summed E-state index contributed by atoms with van der Waals surface area (Å²) >= 11 is 0. The molecule has 2 aromatic carbocycles. The van der Waals surface area contributed by atoms with Gasteiger partial charge in [0.2, 0.25) is 0 Å². The van der Waals surface area contributed by atoms with Crippen molar-refractivity contribution < 1.29 is 9.47 Å². The number of rotatable bonds is 6. The van der Waals surface area contributed by atoms with Crippen LogP contribution in [0.3, 0.4) is 0 Å². The molecular weight excluding hydrogens is 248 g/mol. The molecule has 2 aromatic rings. The van der Waals surface area contributed by atoms with Crippen molar-refractivity contribution in [2.75, 3.05) is 14.2 Å². The Bertz CT molecular complexity index is 561. The lowest BCUT2D eigenvalue weighted by atomic mass is 10.0. The van der Waals surface area contributed by atoms with E-state index in [1.54, 1.807) is 14.2 Å². The van der Waals surface area contributed by atoms with E-state index in [4.69, 9.17) is 9.47 Å². The summed E-state index contributed by atoms with van der Waals surface area (Å²) in [6.45, 7) is 2.19.